The lowest BCUT2D eigenvalue weighted by molar-refractivity contribution is 0.271. The molecule has 2 aromatic rings. The van der Waals surface area contributed by atoms with Gasteiger partial charge in [-0.25, -0.2) is 4.39 Å². The second-order valence-corrected chi connectivity index (χ2v) is 4.84. The summed E-state index contributed by atoms with van der Waals surface area (Å²) in [7, 11) is 3.53. The van der Waals surface area contributed by atoms with Crippen molar-refractivity contribution < 1.29 is 13.9 Å². The smallest absolute Gasteiger partial charge is 0.123 e. The molecule has 0 fully saturated rings. The number of hydrogen-bond acceptors (Lipinski definition) is 3. The molecular weight excluding hydrogens is 269 g/mol. The summed E-state index contributed by atoms with van der Waals surface area (Å²) in [4.78, 5) is 0. The van der Waals surface area contributed by atoms with Crippen LogP contribution >= 0.6 is 0 Å². The molecule has 4 heteroatoms. The van der Waals surface area contributed by atoms with Gasteiger partial charge in [0.25, 0.3) is 0 Å². The van der Waals surface area contributed by atoms with Crippen LogP contribution in [-0.2, 0) is 0 Å². The zero-order valence-corrected chi connectivity index (χ0v) is 12.5. The van der Waals surface area contributed by atoms with Crippen LogP contribution in [0.2, 0.25) is 0 Å². The first-order valence-electron chi connectivity index (χ1n) is 6.84. The average molecular weight is 289 g/mol. The highest BCUT2D eigenvalue weighted by atomic mass is 19.1. The maximum absolute atomic E-state index is 13.1. The summed E-state index contributed by atoms with van der Waals surface area (Å²) in [5, 5.41) is 3.22. The van der Waals surface area contributed by atoms with E-state index < -0.39 is 0 Å². The minimum Gasteiger partial charge on any atom is -0.497 e. The molecule has 1 unspecified atom stereocenters. The van der Waals surface area contributed by atoms with Crippen molar-refractivity contribution in [3.8, 4) is 11.5 Å². The molecule has 3 nitrogen and oxygen atoms in total. The highest BCUT2D eigenvalue weighted by Gasteiger charge is 2.11. The highest BCUT2D eigenvalue weighted by Crippen LogP contribution is 2.22. The third kappa shape index (κ3) is 3.95. The SMILES string of the molecule is CNC(COc1ccc(F)cc1C)c1ccc(OC)cc1. The predicted molar refractivity (Wildman–Crippen MR) is 81.4 cm³/mol. The summed E-state index contributed by atoms with van der Waals surface area (Å²) >= 11 is 0. The summed E-state index contributed by atoms with van der Waals surface area (Å²) in [6.45, 7) is 2.30. The number of rotatable bonds is 6. The van der Waals surface area contributed by atoms with Gasteiger partial charge in [-0.15, -0.1) is 0 Å². The topological polar surface area (TPSA) is 30.5 Å². The molecule has 1 N–H and O–H groups in total. The molecule has 0 heterocycles. The van der Waals surface area contributed by atoms with Gasteiger partial charge in [0.2, 0.25) is 0 Å². The molecule has 0 radical (unpaired) electrons. The summed E-state index contributed by atoms with van der Waals surface area (Å²) < 4.78 is 24.0. The van der Waals surface area contributed by atoms with Gasteiger partial charge in [-0.05, 0) is 55.4 Å². The van der Waals surface area contributed by atoms with Crippen molar-refractivity contribution >= 4 is 0 Å². The minimum atomic E-state index is -0.250. The van der Waals surface area contributed by atoms with Crippen LogP contribution < -0.4 is 14.8 Å². The molecule has 0 aliphatic carbocycles. The Labute approximate surface area is 124 Å². The molecule has 0 aromatic heterocycles. The Hall–Kier alpha value is -2.07. The fourth-order valence-corrected chi connectivity index (χ4v) is 2.13. The molecule has 0 aliphatic rings. The van der Waals surface area contributed by atoms with Crippen LogP contribution in [-0.4, -0.2) is 20.8 Å². The van der Waals surface area contributed by atoms with Gasteiger partial charge in [0.1, 0.15) is 23.9 Å². The third-order valence-corrected chi connectivity index (χ3v) is 3.41. The molecule has 112 valence electrons. The third-order valence-electron chi connectivity index (χ3n) is 3.41. The van der Waals surface area contributed by atoms with Crippen molar-refractivity contribution in [3.63, 3.8) is 0 Å². The average Bonchev–Trinajstić information content (AvgIpc) is 2.50. The van der Waals surface area contributed by atoms with Crippen molar-refractivity contribution in [1.29, 1.82) is 0 Å². The first kappa shape index (κ1) is 15.3. The fourth-order valence-electron chi connectivity index (χ4n) is 2.13. The minimum absolute atomic E-state index is 0.0559. The van der Waals surface area contributed by atoms with Gasteiger partial charge < -0.3 is 14.8 Å². The van der Waals surface area contributed by atoms with Crippen LogP contribution in [0.4, 0.5) is 4.39 Å². The Morgan fingerprint density at radius 2 is 1.86 bits per heavy atom. The normalized spacial score (nSPS) is 12.0. The van der Waals surface area contributed by atoms with E-state index in [9.17, 15) is 4.39 Å². The van der Waals surface area contributed by atoms with Crippen LogP contribution in [0.5, 0.6) is 11.5 Å². The van der Waals surface area contributed by atoms with E-state index in [0.717, 1.165) is 16.9 Å². The quantitative estimate of drug-likeness (QED) is 0.883. The molecular formula is C17H20FNO2. The van der Waals surface area contributed by atoms with Gasteiger partial charge in [0, 0.05) is 0 Å². The highest BCUT2D eigenvalue weighted by molar-refractivity contribution is 5.33. The Morgan fingerprint density at radius 1 is 1.14 bits per heavy atom. The summed E-state index contributed by atoms with van der Waals surface area (Å²) in [6, 6.07) is 12.4. The molecule has 0 spiro atoms. The molecule has 0 bridgehead atoms. The van der Waals surface area contributed by atoms with Gasteiger partial charge in [0.05, 0.1) is 13.2 Å². The first-order valence-corrected chi connectivity index (χ1v) is 6.84. The second-order valence-electron chi connectivity index (χ2n) is 4.84. The van der Waals surface area contributed by atoms with E-state index in [2.05, 4.69) is 5.32 Å². The number of nitrogens with one attached hydrogen (secondary N) is 1. The van der Waals surface area contributed by atoms with Crippen molar-refractivity contribution in [2.24, 2.45) is 0 Å². The van der Waals surface area contributed by atoms with Gasteiger partial charge in [-0.1, -0.05) is 12.1 Å². The van der Waals surface area contributed by atoms with E-state index in [1.807, 2.05) is 38.2 Å². The largest absolute Gasteiger partial charge is 0.497 e. The molecule has 2 aromatic carbocycles. The molecule has 0 aliphatic heterocycles. The van der Waals surface area contributed by atoms with Crippen molar-refractivity contribution in [2.75, 3.05) is 20.8 Å². The number of likely N-dealkylation sites (N-methyl/N-ethyl adjacent to an activating group) is 1. The van der Waals surface area contributed by atoms with E-state index in [1.165, 1.54) is 12.1 Å². The lowest BCUT2D eigenvalue weighted by Gasteiger charge is -2.18. The Kier molecular flexibility index (Phi) is 5.17. The van der Waals surface area contributed by atoms with Crippen LogP contribution in [0.25, 0.3) is 0 Å². The number of methoxy groups -OCH3 is 1. The molecule has 0 saturated heterocycles. The van der Waals surface area contributed by atoms with E-state index in [-0.39, 0.29) is 11.9 Å². The standard InChI is InChI=1S/C17H20FNO2/c1-12-10-14(18)6-9-17(12)21-11-16(19-2)13-4-7-15(20-3)8-5-13/h4-10,16,19H,11H2,1-3H3. The number of benzene rings is 2. The van der Waals surface area contributed by atoms with E-state index in [0.29, 0.717) is 12.4 Å². The predicted octanol–water partition coefficient (Wildman–Crippen LogP) is 3.48. The van der Waals surface area contributed by atoms with Crippen LogP contribution in [0.15, 0.2) is 42.5 Å². The zero-order chi connectivity index (χ0) is 15.2. The lowest BCUT2D eigenvalue weighted by Crippen LogP contribution is -2.23. The second kappa shape index (κ2) is 7.09. The number of ether oxygens (including phenoxy) is 2. The van der Waals surface area contributed by atoms with Crippen molar-refractivity contribution in [3.05, 3.63) is 59.4 Å². The van der Waals surface area contributed by atoms with E-state index in [1.54, 1.807) is 13.2 Å². The molecule has 1 atom stereocenters. The lowest BCUT2D eigenvalue weighted by atomic mass is 10.1. The van der Waals surface area contributed by atoms with Gasteiger partial charge in [-0.3, -0.25) is 0 Å². The fraction of sp³-hybridized carbons (Fsp3) is 0.294. The van der Waals surface area contributed by atoms with Crippen LogP contribution in [0.3, 0.4) is 0 Å². The summed E-state index contributed by atoms with van der Waals surface area (Å²) in [5.41, 5.74) is 1.90. The van der Waals surface area contributed by atoms with Crippen molar-refractivity contribution in [1.82, 2.24) is 5.32 Å². The molecule has 0 saturated carbocycles. The van der Waals surface area contributed by atoms with Crippen LogP contribution in [0.1, 0.15) is 17.2 Å². The van der Waals surface area contributed by atoms with Gasteiger partial charge in [-0.2, -0.15) is 0 Å². The van der Waals surface area contributed by atoms with Gasteiger partial charge >= 0.3 is 0 Å². The maximum atomic E-state index is 13.1. The van der Waals surface area contributed by atoms with Gasteiger partial charge in [0.15, 0.2) is 0 Å². The Morgan fingerprint density at radius 3 is 2.43 bits per heavy atom. The number of halogens is 1. The summed E-state index contributed by atoms with van der Waals surface area (Å²) in [5.74, 6) is 1.27. The molecule has 21 heavy (non-hydrogen) atoms. The number of aryl methyl sites for hydroxylation is 1. The first-order chi connectivity index (χ1) is 10.1. The van der Waals surface area contributed by atoms with E-state index >= 15 is 0 Å². The Bertz CT molecular complexity index is 584. The van der Waals surface area contributed by atoms with E-state index in [4.69, 9.17) is 9.47 Å². The van der Waals surface area contributed by atoms with Crippen LogP contribution in [0, 0.1) is 12.7 Å². The number of hydrogen-bond donors (Lipinski definition) is 1. The zero-order valence-electron chi connectivity index (χ0n) is 12.5. The molecule has 2 rings (SSSR count). The molecule has 0 amide bonds. The maximum Gasteiger partial charge on any atom is 0.123 e. The monoisotopic (exact) mass is 289 g/mol. The summed E-state index contributed by atoms with van der Waals surface area (Å²) in [6.07, 6.45) is 0. The van der Waals surface area contributed by atoms with Crippen molar-refractivity contribution in [2.45, 2.75) is 13.0 Å². The Balaban J connectivity index is 2.04.